The number of carbonyl (C=O) groups is 2. The molecule has 0 unspecified atom stereocenters. The second-order valence-corrected chi connectivity index (χ2v) is 5.18. The predicted octanol–water partition coefficient (Wildman–Crippen LogP) is 3.62. The summed E-state index contributed by atoms with van der Waals surface area (Å²) >= 11 is 0. The quantitative estimate of drug-likeness (QED) is 0.620. The van der Waals surface area contributed by atoms with Gasteiger partial charge in [-0.3, -0.25) is 9.59 Å². The first-order chi connectivity index (χ1) is 12.1. The number of nitrogens with zero attached hydrogens (tertiary/aromatic N) is 1. The van der Waals surface area contributed by atoms with Gasteiger partial charge in [0.2, 0.25) is 0 Å². The Hall–Kier alpha value is -3.34. The van der Waals surface area contributed by atoms with E-state index in [1.807, 2.05) is 30.3 Å². The van der Waals surface area contributed by atoms with Gasteiger partial charge in [0, 0.05) is 18.8 Å². The number of benzene rings is 2. The van der Waals surface area contributed by atoms with Crippen LogP contribution in [0.25, 0.3) is 0 Å². The Morgan fingerprint density at radius 2 is 1.48 bits per heavy atom. The third-order valence-electron chi connectivity index (χ3n) is 3.27. The van der Waals surface area contributed by atoms with Gasteiger partial charge in [0.05, 0.1) is 0 Å². The van der Waals surface area contributed by atoms with Crippen molar-refractivity contribution in [3.8, 4) is 11.5 Å². The highest BCUT2D eigenvalue weighted by Crippen LogP contribution is 2.22. The molecule has 0 spiro atoms. The molecule has 0 aromatic heterocycles. The van der Waals surface area contributed by atoms with Crippen molar-refractivity contribution in [2.75, 3.05) is 18.4 Å². The molecule has 5 heteroatoms. The van der Waals surface area contributed by atoms with Gasteiger partial charge in [-0.05, 0) is 36.4 Å². The first-order valence-corrected chi connectivity index (χ1v) is 7.79. The number of carbonyl (C=O) groups excluding carboxylic acids is 2. The van der Waals surface area contributed by atoms with Crippen LogP contribution in [0.5, 0.6) is 11.5 Å². The SMILES string of the molecule is C=CCN(CC=C)C(=O)C(=O)Nc1ccc(Oc2ccccc2)cc1. The van der Waals surface area contributed by atoms with Crippen molar-refractivity contribution >= 4 is 17.5 Å². The standard InChI is InChI=1S/C20H20N2O3/c1-3-14-22(15-4-2)20(24)19(23)21-16-10-12-18(13-11-16)25-17-8-6-5-7-9-17/h3-13H,1-2,14-15H2,(H,21,23). The molecule has 0 atom stereocenters. The first-order valence-electron chi connectivity index (χ1n) is 7.79. The van der Waals surface area contributed by atoms with Crippen LogP contribution in [0.1, 0.15) is 0 Å². The van der Waals surface area contributed by atoms with Gasteiger partial charge in [0.15, 0.2) is 0 Å². The van der Waals surface area contributed by atoms with Crippen molar-refractivity contribution in [3.05, 3.63) is 79.9 Å². The zero-order valence-corrected chi connectivity index (χ0v) is 13.9. The number of anilines is 1. The molecule has 1 N–H and O–H groups in total. The number of para-hydroxylation sites is 1. The average molecular weight is 336 g/mol. The zero-order chi connectivity index (χ0) is 18.1. The molecule has 0 radical (unpaired) electrons. The van der Waals surface area contributed by atoms with Crippen molar-refractivity contribution in [2.45, 2.75) is 0 Å². The average Bonchev–Trinajstić information content (AvgIpc) is 2.63. The van der Waals surface area contributed by atoms with Gasteiger partial charge < -0.3 is 15.0 Å². The van der Waals surface area contributed by atoms with Gasteiger partial charge in [0.1, 0.15) is 11.5 Å². The van der Waals surface area contributed by atoms with E-state index in [0.717, 1.165) is 5.75 Å². The summed E-state index contributed by atoms with van der Waals surface area (Å²) in [7, 11) is 0. The number of ether oxygens (including phenoxy) is 1. The van der Waals surface area contributed by atoms with Crippen LogP contribution >= 0.6 is 0 Å². The van der Waals surface area contributed by atoms with Crippen LogP contribution in [0.15, 0.2) is 79.9 Å². The lowest BCUT2D eigenvalue weighted by Crippen LogP contribution is -2.39. The number of nitrogens with one attached hydrogen (secondary N) is 1. The van der Waals surface area contributed by atoms with E-state index in [2.05, 4.69) is 18.5 Å². The number of hydrogen-bond acceptors (Lipinski definition) is 3. The maximum Gasteiger partial charge on any atom is 0.313 e. The Morgan fingerprint density at radius 1 is 0.920 bits per heavy atom. The van der Waals surface area contributed by atoms with Gasteiger partial charge >= 0.3 is 11.8 Å². The predicted molar refractivity (Wildman–Crippen MR) is 98.6 cm³/mol. The Kier molecular flexibility index (Phi) is 6.54. The van der Waals surface area contributed by atoms with Crippen molar-refractivity contribution in [1.29, 1.82) is 0 Å². The summed E-state index contributed by atoms with van der Waals surface area (Å²) in [5.41, 5.74) is 0.510. The van der Waals surface area contributed by atoms with Gasteiger partial charge in [-0.15, -0.1) is 13.2 Å². The lowest BCUT2D eigenvalue weighted by atomic mass is 10.3. The van der Waals surface area contributed by atoms with Crippen LogP contribution in [-0.2, 0) is 9.59 Å². The Bertz CT molecular complexity index is 729. The lowest BCUT2D eigenvalue weighted by molar-refractivity contribution is -0.142. The molecule has 0 bridgehead atoms. The summed E-state index contributed by atoms with van der Waals surface area (Å²) in [6, 6.07) is 16.2. The summed E-state index contributed by atoms with van der Waals surface area (Å²) in [6.45, 7) is 7.72. The van der Waals surface area contributed by atoms with E-state index in [1.165, 1.54) is 4.90 Å². The lowest BCUT2D eigenvalue weighted by Gasteiger charge is -2.18. The highest BCUT2D eigenvalue weighted by Gasteiger charge is 2.20. The summed E-state index contributed by atoms with van der Waals surface area (Å²) < 4.78 is 5.68. The molecule has 128 valence electrons. The second kappa shape index (κ2) is 9.08. The topological polar surface area (TPSA) is 58.6 Å². The van der Waals surface area contributed by atoms with Gasteiger partial charge in [0.25, 0.3) is 0 Å². The fraction of sp³-hybridized carbons (Fsp3) is 0.100. The van der Waals surface area contributed by atoms with Crippen LogP contribution in [-0.4, -0.2) is 29.8 Å². The van der Waals surface area contributed by atoms with E-state index < -0.39 is 11.8 Å². The van der Waals surface area contributed by atoms with E-state index >= 15 is 0 Å². The minimum Gasteiger partial charge on any atom is -0.457 e. The van der Waals surface area contributed by atoms with Gasteiger partial charge in [-0.25, -0.2) is 0 Å². The van der Waals surface area contributed by atoms with E-state index in [4.69, 9.17) is 4.74 Å². The monoisotopic (exact) mass is 336 g/mol. The molecule has 0 fully saturated rings. The molecule has 2 amide bonds. The van der Waals surface area contributed by atoms with Gasteiger partial charge in [-0.2, -0.15) is 0 Å². The van der Waals surface area contributed by atoms with E-state index in [0.29, 0.717) is 11.4 Å². The maximum absolute atomic E-state index is 12.1. The van der Waals surface area contributed by atoms with E-state index in [9.17, 15) is 9.59 Å². The molecule has 2 aromatic rings. The molecular formula is C20H20N2O3. The minimum atomic E-state index is -0.708. The maximum atomic E-state index is 12.1. The molecule has 0 aliphatic rings. The molecule has 0 saturated carbocycles. The summed E-state index contributed by atoms with van der Waals surface area (Å²) in [5.74, 6) is 0.0132. The van der Waals surface area contributed by atoms with Crippen LogP contribution in [0.3, 0.4) is 0 Å². The molecule has 0 saturated heterocycles. The van der Waals surface area contributed by atoms with Crippen LogP contribution < -0.4 is 10.1 Å². The first kappa shape index (κ1) is 18.0. The summed E-state index contributed by atoms with van der Waals surface area (Å²) in [4.78, 5) is 25.6. The minimum absolute atomic E-state index is 0.280. The Labute approximate surface area is 147 Å². The molecule has 5 nitrogen and oxygen atoms in total. The van der Waals surface area contributed by atoms with E-state index in [-0.39, 0.29) is 13.1 Å². The zero-order valence-electron chi connectivity index (χ0n) is 13.9. The molecule has 0 heterocycles. The number of rotatable bonds is 7. The molecule has 2 aromatic carbocycles. The number of hydrogen-bond donors (Lipinski definition) is 1. The third kappa shape index (κ3) is 5.35. The van der Waals surface area contributed by atoms with Crippen LogP contribution in [0.4, 0.5) is 5.69 Å². The van der Waals surface area contributed by atoms with Gasteiger partial charge in [-0.1, -0.05) is 30.4 Å². The molecule has 2 rings (SSSR count). The summed E-state index contributed by atoms with van der Waals surface area (Å²) in [5, 5.41) is 2.58. The molecular weight excluding hydrogens is 316 g/mol. The number of amides is 2. The fourth-order valence-electron chi connectivity index (χ4n) is 2.11. The third-order valence-corrected chi connectivity index (χ3v) is 3.27. The Morgan fingerprint density at radius 3 is 2.04 bits per heavy atom. The van der Waals surface area contributed by atoms with Crippen molar-refractivity contribution in [1.82, 2.24) is 4.90 Å². The second-order valence-electron chi connectivity index (χ2n) is 5.18. The highest BCUT2D eigenvalue weighted by atomic mass is 16.5. The normalized spacial score (nSPS) is 9.76. The fourth-order valence-corrected chi connectivity index (χ4v) is 2.11. The van der Waals surface area contributed by atoms with E-state index in [1.54, 1.807) is 36.4 Å². The molecule has 0 aliphatic carbocycles. The largest absolute Gasteiger partial charge is 0.457 e. The van der Waals surface area contributed by atoms with Crippen molar-refractivity contribution in [3.63, 3.8) is 0 Å². The van der Waals surface area contributed by atoms with Crippen molar-refractivity contribution in [2.24, 2.45) is 0 Å². The smallest absolute Gasteiger partial charge is 0.313 e. The highest BCUT2D eigenvalue weighted by molar-refractivity contribution is 6.39. The Balaban J connectivity index is 1.97. The van der Waals surface area contributed by atoms with Crippen LogP contribution in [0, 0.1) is 0 Å². The molecule has 0 aliphatic heterocycles. The van der Waals surface area contributed by atoms with Crippen LogP contribution in [0.2, 0.25) is 0 Å². The molecule has 25 heavy (non-hydrogen) atoms. The van der Waals surface area contributed by atoms with Crippen molar-refractivity contribution < 1.29 is 14.3 Å². The summed E-state index contributed by atoms with van der Waals surface area (Å²) in [6.07, 6.45) is 3.12.